The number of rotatable bonds is 8. The first kappa shape index (κ1) is 24.7. The quantitative estimate of drug-likeness (QED) is 0.566. The molecule has 0 fully saturated rings. The Morgan fingerprint density at radius 1 is 1.03 bits per heavy atom. The SMILES string of the molecule is CC(C)(C)N(C(=O)O)[C@@H](Cc1ccccc1)[C@@H](O)CNCc1cccc(C(F)(F)F)c1. The van der Waals surface area contributed by atoms with E-state index in [2.05, 4.69) is 5.32 Å². The number of nitrogens with zero attached hydrogens (tertiary/aromatic N) is 1. The molecule has 0 aliphatic carbocycles. The van der Waals surface area contributed by atoms with Gasteiger partial charge in [0.1, 0.15) is 0 Å². The smallest absolute Gasteiger partial charge is 0.416 e. The molecule has 0 spiro atoms. The predicted octanol–water partition coefficient (Wildman–Crippen LogP) is 4.55. The zero-order valence-corrected chi connectivity index (χ0v) is 17.9. The molecule has 8 heteroatoms. The Morgan fingerprint density at radius 2 is 1.65 bits per heavy atom. The number of halogens is 3. The third-order valence-corrected chi connectivity index (χ3v) is 4.93. The van der Waals surface area contributed by atoms with Crippen LogP contribution < -0.4 is 5.32 Å². The van der Waals surface area contributed by atoms with Gasteiger partial charge in [-0.3, -0.25) is 4.90 Å². The van der Waals surface area contributed by atoms with E-state index < -0.39 is 35.5 Å². The lowest BCUT2D eigenvalue weighted by Crippen LogP contribution is -2.58. The van der Waals surface area contributed by atoms with Gasteiger partial charge in [0.05, 0.1) is 17.7 Å². The third-order valence-electron chi connectivity index (χ3n) is 4.93. The largest absolute Gasteiger partial charge is 0.465 e. The molecule has 3 N–H and O–H groups in total. The fourth-order valence-electron chi connectivity index (χ4n) is 3.54. The minimum Gasteiger partial charge on any atom is -0.465 e. The van der Waals surface area contributed by atoms with Gasteiger partial charge in [-0.15, -0.1) is 0 Å². The van der Waals surface area contributed by atoms with Gasteiger partial charge in [0.15, 0.2) is 0 Å². The van der Waals surface area contributed by atoms with Crippen molar-refractivity contribution in [1.29, 1.82) is 0 Å². The van der Waals surface area contributed by atoms with E-state index >= 15 is 0 Å². The summed E-state index contributed by atoms with van der Waals surface area (Å²) in [5.41, 5.74) is -0.195. The molecule has 0 bridgehead atoms. The third kappa shape index (κ3) is 7.25. The Balaban J connectivity index is 2.14. The van der Waals surface area contributed by atoms with Crippen LogP contribution >= 0.6 is 0 Å². The van der Waals surface area contributed by atoms with E-state index in [9.17, 15) is 28.2 Å². The maximum Gasteiger partial charge on any atom is 0.416 e. The van der Waals surface area contributed by atoms with Gasteiger partial charge in [-0.25, -0.2) is 4.79 Å². The molecule has 2 atom stereocenters. The summed E-state index contributed by atoms with van der Waals surface area (Å²) in [6.07, 6.45) is -6.34. The highest BCUT2D eigenvalue weighted by molar-refractivity contribution is 5.66. The summed E-state index contributed by atoms with van der Waals surface area (Å²) < 4.78 is 38.7. The number of hydrogen-bond donors (Lipinski definition) is 3. The van der Waals surface area contributed by atoms with Crippen molar-refractivity contribution in [1.82, 2.24) is 10.2 Å². The van der Waals surface area contributed by atoms with Crippen LogP contribution in [0, 0.1) is 0 Å². The molecule has 0 aliphatic rings. The normalized spacial score (nSPS) is 14.2. The number of aliphatic hydroxyl groups excluding tert-OH is 1. The van der Waals surface area contributed by atoms with Crippen molar-refractivity contribution in [3.63, 3.8) is 0 Å². The summed E-state index contributed by atoms with van der Waals surface area (Å²) in [5, 5.41) is 23.6. The lowest BCUT2D eigenvalue weighted by Gasteiger charge is -2.42. The second kappa shape index (κ2) is 10.2. The predicted molar refractivity (Wildman–Crippen MR) is 113 cm³/mol. The van der Waals surface area contributed by atoms with Crippen molar-refractivity contribution in [3.8, 4) is 0 Å². The zero-order valence-electron chi connectivity index (χ0n) is 17.9. The van der Waals surface area contributed by atoms with Gasteiger partial charge in [-0.2, -0.15) is 13.2 Å². The van der Waals surface area contributed by atoms with Gasteiger partial charge in [0.25, 0.3) is 0 Å². The monoisotopic (exact) mass is 438 g/mol. The molecule has 2 aromatic carbocycles. The maximum absolute atomic E-state index is 12.9. The first-order valence-corrected chi connectivity index (χ1v) is 10.0. The Labute approximate surface area is 180 Å². The van der Waals surface area contributed by atoms with E-state index in [4.69, 9.17) is 0 Å². The van der Waals surface area contributed by atoms with Crippen LogP contribution in [0.2, 0.25) is 0 Å². The van der Waals surface area contributed by atoms with Gasteiger partial charge in [-0.05, 0) is 44.4 Å². The number of aliphatic hydroxyl groups is 1. The van der Waals surface area contributed by atoms with Crippen LogP contribution in [0.25, 0.3) is 0 Å². The summed E-state index contributed by atoms with van der Waals surface area (Å²) in [5.74, 6) is 0. The maximum atomic E-state index is 12.9. The van der Waals surface area contributed by atoms with Crippen molar-refractivity contribution in [3.05, 3.63) is 71.3 Å². The van der Waals surface area contributed by atoms with Crippen LogP contribution in [0.5, 0.6) is 0 Å². The molecular formula is C23H29F3N2O3. The first-order chi connectivity index (χ1) is 14.4. The molecular weight excluding hydrogens is 409 g/mol. The average Bonchev–Trinajstić information content (AvgIpc) is 2.66. The standard InChI is InChI=1S/C23H29F3N2O3/c1-22(2,3)28(21(30)31)19(13-16-8-5-4-6-9-16)20(29)15-27-14-17-10-7-11-18(12-17)23(24,25)26/h4-12,19-20,27,29H,13-15H2,1-3H3,(H,30,31)/t19-,20-/m0/s1. The minimum absolute atomic E-state index is 0.0214. The Morgan fingerprint density at radius 3 is 2.19 bits per heavy atom. The second-order valence-electron chi connectivity index (χ2n) is 8.48. The lowest BCUT2D eigenvalue weighted by molar-refractivity contribution is -0.137. The summed E-state index contributed by atoms with van der Waals surface area (Å²) in [6.45, 7) is 5.39. The fraction of sp³-hybridized carbons (Fsp3) is 0.435. The number of amides is 1. The first-order valence-electron chi connectivity index (χ1n) is 10.0. The number of carbonyl (C=O) groups is 1. The second-order valence-corrected chi connectivity index (χ2v) is 8.48. The van der Waals surface area contributed by atoms with Crippen molar-refractivity contribution in [2.75, 3.05) is 6.54 Å². The zero-order chi connectivity index (χ0) is 23.2. The molecule has 170 valence electrons. The molecule has 0 saturated carbocycles. The minimum atomic E-state index is -4.43. The Hall–Kier alpha value is -2.58. The van der Waals surface area contributed by atoms with E-state index in [0.717, 1.165) is 17.7 Å². The lowest BCUT2D eigenvalue weighted by atomic mass is 9.94. The van der Waals surface area contributed by atoms with Crippen molar-refractivity contribution in [2.45, 2.75) is 57.6 Å². The van der Waals surface area contributed by atoms with Gasteiger partial charge >= 0.3 is 12.3 Å². The van der Waals surface area contributed by atoms with E-state index in [1.165, 1.54) is 11.0 Å². The summed E-state index contributed by atoms with van der Waals surface area (Å²) in [6, 6.07) is 13.5. The molecule has 2 rings (SSSR count). The molecule has 31 heavy (non-hydrogen) atoms. The number of benzene rings is 2. The van der Waals surface area contributed by atoms with Crippen LogP contribution in [-0.2, 0) is 19.1 Å². The van der Waals surface area contributed by atoms with Gasteiger partial charge in [-0.1, -0.05) is 48.5 Å². The Bertz CT molecular complexity index is 851. The molecule has 2 aromatic rings. The number of carboxylic acid groups (broad SMARTS) is 1. The molecule has 0 heterocycles. The fourth-order valence-corrected chi connectivity index (χ4v) is 3.54. The van der Waals surface area contributed by atoms with Crippen LogP contribution in [0.15, 0.2) is 54.6 Å². The number of nitrogens with one attached hydrogen (secondary N) is 1. The molecule has 0 aliphatic heterocycles. The van der Waals surface area contributed by atoms with E-state index in [-0.39, 0.29) is 13.1 Å². The van der Waals surface area contributed by atoms with Crippen molar-refractivity contribution in [2.24, 2.45) is 0 Å². The molecule has 1 amide bonds. The molecule has 0 unspecified atom stereocenters. The van der Waals surface area contributed by atoms with E-state index in [1.54, 1.807) is 26.8 Å². The molecule has 0 aromatic heterocycles. The molecule has 0 saturated heterocycles. The van der Waals surface area contributed by atoms with Gasteiger partial charge in [0.2, 0.25) is 0 Å². The van der Waals surface area contributed by atoms with Crippen molar-refractivity contribution >= 4 is 6.09 Å². The van der Waals surface area contributed by atoms with Crippen LogP contribution in [-0.4, -0.2) is 45.4 Å². The van der Waals surface area contributed by atoms with Gasteiger partial charge < -0.3 is 15.5 Å². The summed E-state index contributed by atoms with van der Waals surface area (Å²) in [4.78, 5) is 13.2. The molecule has 0 radical (unpaired) electrons. The van der Waals surface area contributed by atoms with Crippen LogP contribution in [0.4, 0.5) is 18.0 Å². The van der Waals surface area contributed by atoms with E-state index in [0.29, 0.717) is 12.0 Å². The summed E-state index contributed by atoms with van der Waals surface area (Å²) in [7, 11) is 0. The summed E-state index contributed by atoms with van der Waals surface area (Å²) >= 11 is 0. The average molecular weight is 438 g/mol. The van der Waals surface area contributed by atoms with E-state index in [1.807, 2.05) is 30.3 Å². The topological polar surface area (TPSA) is 72.8 Å². The highest BCUT2D eigenvalue weighted by Gasteiger charge is 2.37. The van der Waals surface area contributed by atoms with Crippen LogP contribution in [0.3, 0.4) is 0 Å². The van der Waals surface area contributed by atoms with Gasteiger partial charge in [0, 0.05) is 18.6 Å². The number of hydrogen-bond acceptors (Lipinski definition) is 3. The Kier molecular flexibility index (Phi) is 8.08. The van der Waals surface area contributed by atoms with Crippen molar-refractivity contribution < 1.29 is 28.2 Å². The number of alkyl halides is 3. The van der Waals surface area contributed by atoms with Crippen LogP contribution in [0.1, 0.15) is 37.5 Å². The molecule has 5 nitrogen and oxygen atoms in total. The highest BCUT2D eigenvalue weighted by Crippen LogP contribution is 2.29. The highest BCUT2D eigenvalue weighted by atomic mass is 19.4.